The zero-order valence-corrected chi connectivity index (χ0v) is 11.4. The van der Waals surface area contributed by atoms with Crippen LogP contribution in [0.3, 0.4) is 0 Å². The first kappa shape index (κ1) is 12.2. The second kappa shape index (κ2) is 5.37. The van der Waals surface area contributed by atoms with Crippen molar-refractivity contribution in [1.29, 1.82) is 0 Å². The van der Waals surface area contributed by atoms with E-state index >= 15 is 0 Å². The second-order valence-corrected chi connectivity index (χ2v) is 6.37. The van der Waals surface area contributed by atoms with Crippen molar-refractivity contribution in [2.24, 2.45) is 5.92 Å². The lowest BCUT2D eigenvalue weighted by molar-refractivity contribution is -0.117. The normalized spacial score (nSPS) is 20.8. The van der Waals surface area contributed by atoms with Crippen LogP contribution in [-0.4, -0.2) is 34.2 Å². The number of hydrogen-bond donors (Lipinski definition) is 1. The number of hydrogen-bond acceptors (Lipinski definition) is 6. The van der Waals surface area contributed by atoms with E-state index in [-0.39, 0.29) is 5.91 Å². The van der Waals surface area contributed by atoms with E-state index in [0.29, 0.717) is 12.3 Å². The number of nitrogens with zero attached hydrogens (tertiary/aromatic N) is 3. The van der Waals surface area contributed by atoms with Gasteiger partial charge in [0.25, 0.3) is 0 Å². The van der Waals surface area contributed by atoms with Gasteiger partial charge >= 0.3 is 0 Å². The maximum absolute atomic E-state index is 11.7. The molecule has 1 amide bonds. The predicted molar refractivity (Wildman–Crippen MR) is 70.6 cm³/mol. The number of thioether (sulfide) groups is 1. The van der Waals surface area contributed by atoms with Gasteiger partial charge in [0.05, 0.1) is 0 Å². The van der Waals surface area contributed by atoms with E-state index in [0.717, 1.165) is 27.5 Å². The topological polar surface area (TPSA) is 46.1 Å². The Bertz CT molecular complexity index is 382. The summed E-state index contributed by atoms with van der Waals surface area (Å²) in [5, 5.41) is 8.85. The summed E-state index contributed by atoms with van der Waals surface area (Å²) in [7, 11) is 0. The van der Waals surface area contributed by atoms with Gasteiger partial charge in [-0.05, 0) is 17.4 Å². The van der Waals surface area contributed by atoms with E-state index in [1.807, 2.05) is 0 Å². The van der Waals surface area contributed by atoms with Gasteiger partial charge in [-0.1, -0.05) is 30.0 Å². The van der Waals surface area contributed by atoms with E-state index < -0.39 is 0 Å². The highest BCUT2D eigenvalue weighted by Gasteiger charge is 2.31. The van der Waals surface area contributed by atoms with Gasteiger partial charge in [0.2, 0.25) is 11.0 Å². The Hall–Kier alpha value is -0.270. The number of rotatable bonds is 4. The van der Waals surface area contributed by atoms with Crippen molar-refractivity contribution < 1.29 is 4.79 Å². The zero-order valence-electron chi connectivity index (χ0n) is 8.92. The molecule has 0 bridgehead atoms. The molecule has 0 spiro atoms. The predicted octanol–water partition coefficient (Wildman–Crippen LogP) is 1.93. The summed E-state index contributed by atoms with van der Waals surface area (Å²) in [5.74, 6) is 2.21. The number of thiol groups is 1. The SMILES string of the molecule is CCSc1nnc(N2CC(CS)CC2=O)s1. The molecule has 1 fully saturated rings. The smallest absolute Gasteiger partial charge is 0.229 e. The van der Waals surface area contributed by atoms with Crippen molar-refractivity contribution >= 4 is 46.8 Å². The van der Waals surface area contributed by atoms with Gasteiger partial charge in [-0.2, -0.15) is 12.6 Å². The van der Waals surface area contributed by atoms with Crippen LogP contribution in [0.5, 0.6) is 0 Å². The van der Waals surface area contributed by atoms with Crippen LogP contribution >= 0.6 is 35.7 Å². The lowest BCUT2D eigenvalue weighted by Crippen LogP contribution is -2.24. The summed E-state index contributed by atoms with van der Waals surface area (Å²) in [6.07, 6.45) is 0.583. The molecule has 1 aromatic heterocycles. The van der Waals surface area contributed by atoms with Crippen LogP contribution in [0.4, 0.5) is 5.13 Å². The number of amides is 1. The average Bonchev–Trinajstić information content (AvgIpc) is 2.85. The third-order valence-electron chi connectivity index (χ3n) is 2.36. The summed E-state index contributed by atoms with van der Waals surface area (Å²) < 4.78 is 0.930. The van der Waals surface area contributed by atoms with Gasteiger partial charge in [0.1, 0.15) is 0 Å². The van der Waals surface area contributed by atoms with Crippen molar-refractivity contribution in [2.75, 3.05) is 23.0 Å². The number of carbonyl (C=O) groups is 1. The maximum Gasteiger partial charge on any atom is 0.229 e. The molecule has 1 atom stereocenters. The van der Waals surface area contributed by atoms with E-state index in [1.165, 1.54) is 11.3 Å². The van der Waals surface area contributed by atoms with Crippen molar-refractivity contribution in [3.8, 4) is 0 Å². The van der Waals surface area contributed by atoms with Crippen LogP contribution in [-0.2, 0) is 4.79 Å². The van der Waals surface area contributed by atoms with Gasteiger partial charge < -0.3 is 0 Å². The Morgan fingerprint density at radius 2 is 2.44 bits per heavy atom. The molecule has 1 aliphatic heterocycles. The summed E-state index contributed by atoms with van der Waals surface area (Å²) in [6, 6.07) is 0. The summed E-state index contributed by atoms with van der Waals surface area (Å²) >= 11 is 7.38. The Balaban J connectivity index is 2.09. The molecular weight excluding hydrogens is 262 g/mol. The molecule has 1 aliphatic rings. The molecule has 2 heterocycles. The summed E-state index contributed by atoms with van der Waals surface area (Å²) in [5.41, 5.74) is 0. The third-order valence-corrected chi connectivity index (χ3v) is 4.84. The Labute approximate surface area is 108 Å². The monoisotopic (exact) mass is 275 g/mol. The fraction of sp³-hybridized carbons (Fsp3) is 0.667. The van der Waals surface area contributed by atoms with E-state index in [2.05, 4.69) is 29.7 Å². The van der Waals surface area contributed by atoms with Crippen LogP contribution in [0.25, 0.3) is 0 Å². The minimum Gasteiger partial charge on any atom is -0.286 e. The molecule has 0 aliphatic carbocycles. The zero-order chi connectivity index (χ0) is 11.5. The molecule has 0 aromatic carbocycles. The van der Waals surface area contributed by atoms with Gasteiger partial charge in [-0.3, -0.25) is 9.69 Å². The molecule has 16 heavy (non-hydrogen) atoms. The molecule has 4 nitrogen and oxygen atoms in total. The van der Waals surface area contributed by atoms with E-state index in [4.69, 9.17) is 0 Å². The molecular formula is C9H13N3OS3. The molecule has 2 rings (SSSR count). The minimum atomic E-state index is 0.142. The molecule has 0 radical (unpaired) electrons. The first-order valence-electron chi connectivity index (χ1n) is 5.12. The Kier molecular flexibility index (Phi) is 4.10. The Morgan fingerprint density at radius 3 is 3.06 bits per heavy atom. The first-order chi connectivity index (χ1) is 7.74. The van der Waals surface area contributed by atoms with Crippen molar-refractivity contribution in [3.05, 3.63) is 0 Å². The van der Waals surface area contributed by atoms with Crippen LogP contribution in [0.2, 0.25) is 0 Å². The molecule has 0 saturated carbocycles. The fourth-order valence-electron chi connectivity index (χ4n) is 1.58. The largest absolute Gasteiger partial charge is 0.286 e. The highest BCUT2D eigenvalue weighted by Crippen LogP contribution is 2.31. The lowest BCUT2D eigenvalue weighted by atomic mass is 10.1. The highest BCUT2D eigenvalue weighted by molar-refractivity contribution is 8.01. The van der Waals surface area contributed by atoms with E-state index in [1.54, 1.807) is 16.7 Å². The van der Waals surface area contributed by atoms with Gasteiger partial charge in [0.15, 0.2) is 4.34 Å². The van der Waals surface area contributed by atoms with Crippen molar-refractivity contribution in [3.63, 3.8) is 0 Å². The Morgan fingerprint density at radius 1 is 1.62 bits per heavy atom. The van der Waals surface area contributed by atoms with Crippen molar-refractivity contribution in [2.45, 2.75) is 17.7 Å². The molecule has 7 heteroatoms. The highest BCUT2D eigenvalue weighted by atomic mass is 32.2. The fourth-order valence-corrected chi connectivity index (χ4v) is 3.59. The van der Waals surface area contributed by atoms with Crippen molar-refractivity contribution in [1.82, 2.24) is 10.2 Å². The number of anilines is 1. The third kappa shape index (κ3) is 2.52. The van der Waals surface area contributed by atoms with Crippen LogP contribution in [0.1, 0.15) is 13.3 Å². The van der Waals surface area contributed by atoms with Crippen LogP contribution in [0, 0.1) is 5.92 Å². The van der Waals surface area contributed by atoms with Gasteiger partial charge in [-0.25, -0.2) is 0 Å². The minimum absolute atomic E-state index is 0.142. The average molecular weight is 275 g/mol. The molecule has 1 aromatic rings. The van der Waals surface area contributed by atoms with Gasteiger partial charge in [0, 0.05) is 13.0 Å². The standard InChI is InChI=1S/C9H13N3OS3/c1-2-15-9-11-10-8(16-9)12-4-6(5-14)3-7(12)13/h6,14H,2-5H2,1H3. The number of aromatic nitrogens is 2. The number of carbonyl (C=O) groups excluding carboxylic acids is 1. The molecule has 1 unspecified atom stereocenters. The van der Waals surface area contributed by atoms with Gasteiger partial charge in [-0.15, -0.1) is 10.2 Å². The molecule has 0 N–H and O–H groups in total. The second-order valence-electron chi connectivity index (χ2n) is 3.54. The molecule has 1 saturated heterocycles. The maximum atomic E-state index is 11.7. The first-order valence-corrected chi connectivity index (χ1v) is 7.55. The van der Waals surface area contributed by atoms with Crippen LogP contribution < -0.4 is 4.90 Å². The van der Waals surface area contributed by atoms with E-state index in [9.17, 15) is 4.79 Å². The lowest BCUT2D eigenvalue weighted by Gasteiger charge is -2.10. The quantitative estimate of drug-likeness (QED) is 0.518. The summed E-state index contributed by atoms with van der Waals surface area (Å²) in [6.45, 7) is 2.80. The van der Waals surface area contributed by atoms with Crippen LogP contribution in [0.15, 0.2) is 4.34 Å². The summed E-state index contributed by atoms with van der Waals surface area (Å²) in [4.78, 5) is 13.5. The molecule has 88 valence electrons.